The molecule has 0 atom stereocenters. The van der Waals surface area contributed by atoms with Crippen LogP contribution in [-0.2, 0) is 0 Å². The van der Waals surface area contributed by atoms with Gasteiger partial charge < -0.3 is 0 Å². The molecular formula is C9H4Br2IN. The van der Waals surface area contributed by atoms with Crippen LogP contribution in [0.25, 0.3) is 10.9 Å². The number of aromatic nitrogens is 1. The molecule has 0 aliphatic heterocycles. The van der Waals surface area contributed by atoms with E-state index >= 15 is 0 Å². The Labute approximate surface area is 106 Å². The molecule has 1 aromatic heterocycles. The first-order valence-corrected chi connectivity index (χ1v) is 6.25. The second kappa shape index (κ2) is 3.82. The maximum absolute atomic E-state index is 4.36. The predicted molar refractivity (Wildman–Crippen MR) is 69.9 cm³/mol. The molecule has 1 aromatic carbocycles. The fraction of sp³-hybridized carbons (Fsp3) is 0. The number of fused-ring (bicyclic) bond motifs is 1. The molecule has 0 aliphatic rings. The van der Waals surface area contributed by atoms with Gasteiger partial charge in [0.2, 0.25) is 0 Å². The minimum Gasteiger partial charge on any atom is -0.254 e. The highest BCUT2D eigenvalue weighted by molar-refractivity contribution is 14.1. The average Bonchev–Trinajstić information content (AvgIpc) is 2.12. The van der Waals surface area contributed by atoms with Crippen molar-refractivity contribution in [3.8, 4) is 0 Å². The molecule has 0 N–H and O–H groups in total. The summed E-state index contributed by atoms with van der Waals surface area (Å²) < 4.78 is 3.22. The molecule has 2 aromatic rings. The smallest absolute Gasteiger partial charge is 0.0847 e. The van der Waals surface area contributed by atoms with E-state index in [2.05, 4.69) is 71.6 Å². The van der Waals surface area contributed by atoms with Crippen molar-refractivity contribution in [1.29, 1.82) is 0 Å². The van der Waals surface area contributed by atoms with Gasteiger partial charge in [-0.3, -0.25) is 4.98 Å². The molecule has 0 unspecified atom stereocenters. The molecule has 13 heavy (non-hydrogen) atoms. The van der Waals surface area contributed by atoms with E-state index in [1.54, 1.807) is 0 Å². The Morgan fingerprint density at radius 3 is 2.77 bits per heavy atom. The third kappa shape index (κ3) is 1.76. The summed E-state index contributed by atoms with van der Waals surface area (Å²) in [4.78, 5) is 4.36. The fourth-order valence-electron chi connectivity index (χ4n) is 1.13. The van der Waals surface area contributed by atoms with Gasteiger partial charge in [-0.15, -0.1) is 0 Å². The third-order valence-corrected chi connectivity index (χ3v) is 4.60. The van der Waals surface area contributed by atoms with Crippen molar-refractivity contribution in [2.24, 2.45) is 0 Å². The Hall–Kier alpha value is 0.320. The van der Waals surface area contributed by atoms with Crippen molar-refractivity contribution in [2.75, 3.05) is 0 Å². The van der Waals surface area contributed by atoms with Crippen molar-refractivity contribution < 1.29 is 0 Å². The molecule has 1 heterocycles. The maximum Gasteiger partial charge on any atom is 0.0847 e. The zero-order valence-electron chi connectivity index (χ0n) is 6.39. The van der Waals surface area contributed by atoms with E-state index in [1.165, 1.54) is 3.57 Å². The Morgan fingerprint density at radius 1 is 1.23 bits per heavy atom. The molecule has 4 heteroatoms. The number of nitrogens with zero attached hydrogens (tertiary/aromatic N) is 1. The molecule has 0 fully saturated rings. The van der Waals surface area contributed by atoms with E-state index in [1.807, 2.05) is 12.3 Å². The summed E-state index contributed by atoms with van der Waals surface area (Å²) in [5, 5.41) is 1.14. The van der Waals surface area contributed by atoms with Gasteiger partial charge in [0.05, 0.1) is 9.99 Å². The van der Waals surface area contributed by atoms with Gasteiger partial charge >= 0.3 is 0 Å². The molecule has 0 saturated carbocycles. The average molecular weight is 413 g/mol. The van der Waals surface area contributed by atoms with Crippen LogP contribution in [0.15, 0.2) is 33.3 Å². The van der Waals surface area contributed by atoms with E-state index < -0.39 is 0 Å². The first kappa shape index (κ1) is 9.86. The highest BCUT2D eigenvalue weighted by atomic mass is 127. The molecule has 0 aliphatic carbocycles. The summed E-state index contributed by atoms with van der Waals surface area (Å²) in [6, 6.07) is 6.14. The molecule has 0 saturated heterocycles. The largest absolute Gasteiger partial charge is 0.254 e. The lowest BCUT2D eigenvalue weighted by atomic mass is 10.2. The van der Waals surface area contributed by atoms with E-state index in [-0.39, 0.29) is 0 Å². The lowest BCUT2D eigenvalue weighted by Gasteiger charge is -2.03. The van der Waals surface area contributed by atoms with Crippen LogP contribution in [0.5, 0.6) is 0 Å². The Morgan fingerprint density at radius 2 is 2.00 bits per heavy atom. The number of pyridine rings is 1. The van der Waals surface area contributed by atoms with Crippen molar-refractivity contribution in [2.45, 2.75) is 0 Å². The van der Waals surface area contributed by atoms with Gasteiger partial charge in [-0.25, -0.2) is 0 Å². The van der Waals surface area contributed by atoms with E-state index in [4.69, 9.17) is 0 Å². The highest BCUT2D eigenvalue weighted by Crippen LogP contribution is 2.31. The molecule has 2 rings (SSSR count). The van der Waals surface area contributed by atoms with Crippen LogP contribution in [-0.4, -0.2) is 4.98 Å². The summed E-state index contributed by atoms with van der Waals surface area (Å²) in [6.45, 7) is 0. The zero-order valence-corrected chi connectivity index (χ0v) is 11.7. The normalized spacial score (nSPS) is 10.7. The predicted octanol–water partition coefficient (Wildman–Crippen LogP) is 4.36. The number of para-hydroxylation sites is 1. The lowest BCUT2D eigenvalue weighted by molar-refractivity contribution is 1.37. The lowest BCUT2D eigenvalue weighted by Crippen LogP contribution is -1.84. The number of hydrogen-bond acceptors (Lipinski definition) is 1. The summed E-state index contributed by atoms with van der Waals surface area (Å²) in [5.74, 6) is 0. The van der Waals surface area contributed by atoms with Gasteiger partial charge in [0.15, 0.2) is 0 Å². The Bertz CT molecular complexity index is 470. The van der Waals surface area contributed by atoms with Crippen molar-refractivity contribution in [3.63, 3.8) is 0 Å². The van der Waals surface area contributed by atoms with Gasteiger partial charge in [0, 0.05) is 19.6 Å². The van der Waals surface area contributed by atoms with E-state index in [0.29, 0.717) is 0 Å². The van der Waals surface area contributed by atoms with Crippen LogP contribution in [0.2, 0.25) is 0 Å². The van der Waals surface area contributed by atoms with Crippen LogP contribution in [0.4, 0.5) is 0 Å². The third-order valence-electron chi connectivity index (χ3n) is 1.74. The van der Waals surface area contributed by atoms with Gasteiger partial charge in [0.1, 0.15) is 0 Å². The van der Waals surface area contributed by atoms with Crippen LogP contribution in [0, 0.1) is 3.57 Å². The van der Waals surface area contributed by atoms with Gasteiger partial charge in [-0.05, 0) is 60.5 Å². The van der Waals surface area contributed by atoms with Gasteiger partial charge in [0.25, 0.3) is 0 Å². The molecular weight excluding hydrogens is 409 g/mol. The van der Waals surface area contributed by atoms with Crippen molar-refractivity contribution in [1.82, 2.24) is 4.98 Å². The summed E-state index contributed by atoms with van der Waals surface area (Å²) in [7, 11) is 0. The van der Waals surface area contributed by atoms with E-state index in [9.17, 15) is 0 Å². The fourth-order valence-corrected chi connectivity index (χ4v) is 2.51. The van der Waals surface area contributed by atoms with Gasteiger partial charge in [-0.2, -0.15) is 0 Å². The first-order valence-electron chi connectivity index (χ1n) is 3.58. The van der Waals surface area contributed by atoms with Gasteiger partial charge in [-0.1, -0.05) is 12.1 Å². The molecule has 0 bridgehead atoms. The Kier molecular flexibility index (Phi) is 2.90. The second-order valence-corrected chi connectivity index (χ2v) is 5.37. The quantitative estimate of drug-likeness (QED) is 0.586. The second-order valence-electron chi connectivity index (χ2n) is 2.56. The number of benzene rings is 1. The van der Waals surface area contributed by atoms with Crippen LogP contribution >= 0.6 is 54.5 Å². The summed E-state index contributed by atoms with van der Waals surface area (Å²) in [5.41, 5.74) is 1.04. The molecule has 1 nitrogen and oxygen atoms in total. The first-order chi connectivity index (χ1) is 6.20. The zero-order chi connectivity index (χ0) is 9.42. The van der Waals surface area contributed by atoms with Crippen molar-refractivity contribution >= 4 is 65.4 Å². The molecule has 66 valence electrons. The number of hydrogen-bond donors (Lipinski definition) is 0. The van der Waals surface area contributed by atoms with Crippen LogP contribution in [0.3, 0.4) is 0 Å². The Balaban J connectivity index is 2.94. The van der Waals surface area contributed by atoms with Crippen LogP contribution < -0.4 is 0 Å². The monoisotopic (exact) mass is 411 g/mol. The van der Waals surface area contributed by atoms with Crippen LogP contribution in [0.1, 0.15) is 0 Å². The van der Waals surface area contributed by atoms with Crippen molar-refractivity contribution in [3.05, 3.63) is 36.9 Å². The summed E-state index contributed by atoms with van der Waals surface area (Å²) >= 11 is 9.24. The molecule has 0 amide bonds. The highest BCUT2D eigenvalue weighted by Gasteiger charge is 2.05. The summed E-state index contributed by atoms with van der Waals surface area (Å²) in [6.07, 6.45) is 1.81. The van der Waals surface area contributed by atoms with E-state index in [0.717, 1.165) is 19.8 Å². The molecule has 0 spiro atoms. The standard InChI is InChI=1S/C9H4Br2IN/c10-6-4-13-9-5(8(6)11)2-1-3-7(9)12/h1-4H. The maximum atomic E-state index is 4.36. The number of rotatable bonds is 0. The molecule has 0 radical (unpaired) electrons. The SMILES string of the molecule is Brc1cnc2c(I)cccc2c1Br. The topological polar surface area (TPSA) is 12.9 Å². The minimum atomic E-state index is 0.988. The number of halogens is 3. The minimum absolute atomic E-state index is 0.988.